The molecule has 0 fully saturated rings. The first-order valence-electron chi connectivity index (χ1n) is 6.98. The van der Waals surface area contributed by atoms with Gasteiger partial charge in [0.15, 0.2) is 0 Å². The van der Waals surface area contributed by atoms with Gasteiger partial charge in [-0.15, -0.1) is 0 Å². The van der Waals surface area contributed by atoms with Crippen LogP contribution in [-0.4, -0.2) is 14.2 Å². The smallest absolute Gasteiger partial charge is 0.145 e. The van der Waals surface area contributed by atoms with Crippen molar-refractivity contribution in [1.82, 2.24) is 0 Å². The molecule has 0 saturated carbocycles. The van der Waals surface area contributed by atoms with Crippen molar-refractivity contribution in [1.29, 1.82) is 0 Å². The number of nitrogens with one attached hydrogen (secondary N) is 1. The molecule has 21 heavy (non-hydrogen) atoms. The average Bonchev–Trinajstić information content (AvgIpc) is 2.92. The van der Waals surface area contributed by atoms with Crippen LogP contribution in [0.4, 0.5) is 5.69 Å². The van der Waals surface area contributed by atoms with Gasteiger partial charge in [-0.1, -0.05) is 28.1 Å². The van der Waals surface area contributed by atoms with Crippen molar-refractivity contribution in [2.24, 2.45) is 0 Å². The number of rotatable bonds is 4. The topological polar surface area (TPSA) is 30.5 Å². The molecule has 0 bridgehead atoms. The lowest BCUT2D eigenvalue weighted by Gasteiger charge is -2.18. The van der Waals surface area contributed by atoms with E-state index < -0.39 is 0 Å². The minimum atomic E-state index is 0.319. The molecule has 4 heteroatoms. The van der Waals surface area contributed by atoms with Gasteiger partial charge in [-0.05, 0) is 42.2 Å². The second kappa shape index (κ2) is 5.98. The van der Waals surface area contributed by atoms with E-state index in [0.717, 1.165) is 30.0 Å². The number of hydrogen-bond acceptors (Lipinski definition) is 3. The molecule has 1 aliphatic rings. The summed E-state index contributed by atoms with van der Waals surface area (Å²) in [5.41, 5.74) is 3.76. The highest BCUT2D eigenvalue weighted by Crippen LogP contribution is 2.39. The van der Waals surface area contributed by atoms with Gasteiger partial charge >= 0.3 is 0 Å². The fraction of sp³-hybridized carbons (Fsp3) is 0.294. The summed E-state index contributed by atoms with van der Waals surface area (Å²) in [4.78, 5) is 0. The molecule has 1 aliphatic carbocycles. The monoisotopic (exact) mass is 347 g/mol. The van der Waals surface area contributed by atoms with Crippen molar-refractivity contribution in [3.8, 4) is 11.5 Å². The van der Waals surface area contributed by atoms with Crippen molar-refractivity contribution in [2.45, 2.75) is 18.9 Å². The molecule has 0 aromatic heterocycles. The molecule has 110 valence electrons. The highest BCUT2D eigenvalue weighted by molar-refractivity contribution is 9.10. The normalized spacial score (nSPS) is 16.4. The number of hydrogen-bond donors (Lipinski definition) is 1. The van der Waals surface area contributed by atoms with Crippen molar-refractivity contribution in [3.63, 3.8) is 0 Å². The van der Waals surface area contributed by atoms with Crippen LogP contribution in [0, 0.1) is 0 Å². The molecule has 1 N–H and O–H groups in total. The molecule has 3 rings (SSSR count). The third kappa shape index (κ3) is 2.72. The molecule has 0 saturated heterocycles. The van der Waals surface area contributed by atoms with E-state index in [1.807, 2.05) is 18.2 Å². The van der Waals surface area contributed by atoms with Crippen LogP contribution in [0.2, 0.25) is 0 Å². The summed E-state index contributed by atoms with van der Waals surface area (Å²) in [5.74, 6) is 1.60. The SMILES string of the molecule is COc1ccc(NC2CCc3c(Br)cccc32)c(OC)c1. The molecule has 1 unspecified atom stereocenters. The summed E-state index contributed by atoms with van der Waals surface area (Å²) in [7, 11) is 3.34. The van der Waals surface area contributed by atoms with Gasteiger partial charge in [-0.2, -0.15) is 0 Å². The van der Waals surface area contributed by atoms with E-state index in [1.54, 1.807) is 14.2 Å². The molecule has 2 aromatic rings. The molecular formula is C17H18BrNO2. The maximum atomic E-state index is 5.46. The predicted octanol–water partition coefficient (Wildman–Crippen LogP) is 4.57. The molecular weight excluding hydrogens is 330 g/mol. The van der Waals surface area contributed by atoms with E-state index in [9.17, 15) is 0 Å². The van der Waals surface area contributed by atoms with Crippen LogP contribution in [0.1, 0.15) is 23.6 Å². The van der Waals surface area contributed by atoms with E-state index in [-0.39, 0.29) is 0 Å². The van der Waals surface area contributed by atoms with Crippen LogP contribution < -0.4 is 14.8 Å². The van der Waals surface area contributed by atoms with Crippen LogP contribution >= 0.6 is 15.9 Å². The summed E-state index contributed by atoms with van der Waals surface area (Å²) in [6, 6.07) is 12.6. The first-order chi connectivity index (χ1) is 10.2. The lowest BCUT2D eigenvalue weighted by atomic mass is 10.1. The van der Waals surface area contributed by atoms with Crippen LogP contribution in [0.3, 0.4) is 0 Å². The van der Waals surface area contributed by atoms with Crippen molar-refractivity contribution < 1.29 is 9.47 Å². The quantitative estimate of drug-likeness (QED) is 0.878. The third-order valence-electron chi connectivity index (χ3n) is 3.95. The van der Waals surface area contributed by atoms with Gasteiger partial charge in [-0.3, -0.25) is 0 Å². The van der Waals surface area contributed by atoms with Crippen molar-refractivity contribution in [3.05, 3.63) is 52.0 Å². The van der Waals surface area contributed by atoms with Gasteiger partial charge in [-0.25, -0.2) is 0 Å². The molecule has 3 nitrogen and oxygen atoms in total. The Balaban J connectivity index is 1.88. The number of fused-ring (bicyclic) bond motifs is 1. The number of halogens is 1. The Morgan fingerprint density at radius 3 is 2.76 bits per heavy atom. The van der Waals surface area contributed by atoms with Crippen LogP contribution in [0.15, 0.2) is 40.9 Å². The van der Waals surface area contributed by atoms with Gasteiger partial charge in [0.05, 0.1) is 25.9 Å². The first kappa shape index (κ1) is 14.3. The molecule has 0 radical (unpaired) electrons. The van der Waals surface area contributed by atoms with E-state index in [2.05, 4.69) is 39.4 Å². The van der Waals surface area contributed by atoms with E-state index in [1.165, 1.54) is 15.6 Å². The third-order valence-corrected chi connectivity index (χ3v) is 4.69. The summed E-state index contributed by atoms with van der Waals surface area (Å²) >= 11 is 3.64. The zero-order valence-corrected chi connectivity index (χ0v) is 13.7. The number of methoxy groups -OCH3 is 2. The van der Waals surface area contributed by atoms with Gasteiger partial charge in [0, 0.05) is 10.5 Å². The molecule has 0 heterocycles. The van der Waals surface area contributed by atoms with Gasteiger partial charge < -0.3 is 14.8 Å². The molecule has 0 amide bonds. The number of anilines is 1. The fourth-order valence-corrected chi connectivity index (χ4v) is 3.44. The minimum Gasteiger partial charge on any atom is -0.497 e. The van der Waals surface area contributed by atoms with Gasteiger partial charge in [0.1, 0.15) is 11.5 Å². The Hall–Kier alpha value is -1.68. The second-order valence-electron chi connectivity index (χ2n) is 5.11. The highest BCUT2D eigenvalue weighted by Gasteiger charge is 2.24. The molecule has 2 aromatic carbocycles. The van der Waals surface area contributed by atoms with Gasteiger partial charge in [0.25, 0.3) is 0 Å². The summed E-state index contributed by atoms with van der Waals surface area (Å²) in [6.45, 7) is 0. The lowest BCUT2D eigenvalue weighted by molar-refractivity contribution is 0.395. The summed E-state index contributed by atoms with van der Waals surface area (Å²) in [6.07, 6.45) is 2.18. The standard InChI is InChI=1S/C17H18BrNO2/c1-20-11-6-8-16(17(10-11)21-2)19-15-9-7-12-13(15)4-3-5-14(12)18/h3-6,8,10,15,19H,7,9H2,1-2H3. The Bertz CT molecular complexity index is 657. The fourth-order valence-electron chi connectivity index (χ4n) is 2.87. The summed E-state index contributed by atoms with van der Waals surface area (Å²) < 4.78 is 11.9. The minimum absolute atomic E-state index is 0.319. The van der Waals surface area contributed by atoms with Crippen molar-refractivity contribution >= 4 is 21.6 Å². The Labute approximate surface area is 133 Å². The number of benzene rings is 2. The van der Waals surface area contributed by atoms with E-state index >= 15 is 0 Å². The summed E-state index contributed by atoms with van der Waals surface area (Å²) in [5, 5.41) is 3.59. The van der Waals surface area contributed by atoms with Gasteiger partial charge in [0.2, 0.25) is 0 Å². The lowest BCUT2D eigenvalue weighted by Crippen LogP contribution is -2.08. The molecule has 1 atom stereocenters. The van der Waals surface area contributed by atoms with Crippen LogP contribution in [0.5, 0.6) is 11.5 Å². The Kier molecular flexibility index (Phi) is 4.06. The van der Waals surface area contributed by atoms with Crippen molar-refractivity contribution in [2.75, 3.05) is 19.5 Å². The maximum absolute atomic E-state index is 5.46. The first-order valence-corrected chi connectivity index (χ1v) is 7.78. The Morgan fingerprint density at radius 2 is 2.00 bits per heavy atom. The average molecular weight is 348 g/mol. The van der Waals surface area contributed by atoms with Crippen LogP contribution in [-0.2, 0) is 6.42 Å². The molecule has 0 spiro atoms. The number of ether oxygens (including phenoxy) is 2. The van der Waals surface area contributed by atoms with Crippen LogP contribution in [0.25, 0.3) is 0 Å². The van der Waals surface area contributed by atoms with E-state index in [4.69, 9.17) is 9.47 Å². The largest absolute Gasteiger partial charge is 0.497 e. The zero-order chi connectivity index (χ0) is 14.8. The highest BCUT2D eigenvalue weighted by atomic mass is 79.9. The second-order valence-corrected chi connectivity index (χ2v) is 5.96. The zero-order valence-electron chi connectivity index (χ0n) is 12.2. The van der Waals surface area contributed by atoms with E-state index in [0.29, 0.717) is 6.04 Å². The molecule has 0 aliphatic heterocycles. The maximum Gasteiger partial charge on any atom is 0.145 e. The predicted molar refractivity (Wildman–Crippen MR) is 88.4 cm³/mol. The Morgan fingerprint density at radius 1 is 1.14 bits per heavy atom.